The molecule has 0 saturated heterocycles. The van der Waals surface area contributed by atoms with E-state index >= 15 is 0 Å². The minimum absolute atomic E-state index is 0.0617. The number of hydrogen-bond acceptors (Lipinski definition) is 3. The Morgan fingerprint density at radius 3 is 2.73 bits per heavy atom. The minimum Gasteiger partial charge on any atom is -0.455 e. The number of fused-ring (bicyclic) bond motifs is 1. The van der Waals surface area contributed by atoms with Crippen LogP contribution in [0.3, 0.4) is 0 Å². The highest BCUT2D eigenvalue weighted by atomic mass is 16.4. The molecule has 0 spiro atoms. The van der Waals surface area contributed by atoms with Crippen molar-refractivity contribution in [2.75, 3.05) is 5.32 Å². The van der Waals surface area contributed by atoms with Gasteiger partial charge in [0.15, 0.2) is 11.5 Å². The Labute approximate surface area is 129 Å². The first-order chi connectivity index (χ1) is 10.6. The lowest BCUT2D eigenvalue weighted by atomic mass is 9.97. The van der Waals surface area contributed by atoms with Crippen molar-refractivity contribution >= 4 is 17.4 Å². The van der Waals surface area contributed by atoms with Crippen LogP contribution in [0.15, 0.2) is 34.7 Å². The number of amides is 1. The molecule has 1 aliphatic rings. The van der Waals surface area contributed by atoms with Gasteiger partial charge in [-0.2, -0.15) is 0 Å². The fourth-order valence-electron chi connectivity index (χ4n) is 2.80. The van der Waals surface area contributed by atoms with Gasteiger partial charge in [0.25, 0.3) is 5.91 Å². The van der Waals surface area contributed by atoms with E-state index in [-0.39, 0.29) is 17.5 Å². The highest BCUT2D eigenvalue weighted by Gasteiger charge is 2.24. The molecule has 1 heterocycles. The number of carbonyl (C=O) groups excluding carboxylic acids is 2. The van der Waals surface area contributed by atoms with Gasteiger partial charge in [0.1, 0.15) is 5.76 Å². The van der Waals surface area contributed by atoms with E-state index in [2.05, 4.69) is 19.2 Å². The molecule has 0 radical (unpaired) electrons. The van der Waals surface area contributed by atoms with Crippen LogP contribution >= 0.6 is 0 Å². The quantitative estimate of drug-likeness (QED) is 0.924. The van der Waals surface area contributed by atoms with Gasteiger partial charge in [-0.25, -0.2) is 0 Å². The first-order valence-corrected chi connectivity index (χ1v) is 7.62. The van der Waals surface area contributed by atoms with E-state index in [4.69, 9.17) is 4.42 Å². The standard InChI is InChI=1S/C18H19NO3/c1-11(2)12-6-3-4-7-14(12)19-18(21)17-10-13-15(20)8-5-9-16(13)22-17/h3-4,6-7,10-11H,5,8-9H2,1-2H3,(H,19,21). The van der Waals surface area contributed by atoms with Gasteiger partial charge in [-0.05, 0) is 24.0 Å². The van der Waals surface area contributed by atoms with E-state index < -0.39 is 0 Å². The molecule has 1 aromatic carbocycles. The number of benzene rings is 1. The van der Waals surface area contributed by atoms with Gasteiger partial charge in [-0.1, -0.05) is 32.0 Å². The lowest BCUT2D eigenvalue weighted by Gasteiger charge is -2.12. The van der Waals surface area contributed by atoms with E-state index in [1.54, 1.807) is 6.07 Å². The Hall–Kier alpha value is -2.36. The van der Waals surface area contributed by atoms with Crippen LogP contribution in [0.25, 0.3) is 0 Å². The number of anilines is 1. The summed E-state index contributed by atoms with van der Waals surface area (Å²) in [7, 11) is 0. The highest BCUT2D eigenvalue weighted by molar-refractivity contribution is 6.06. The van der Waals surface area contributed by atoms with Crippen LogP contribution in [-0.4, -0.2) is 11.7 Å². The third-order valence-corrected chi connectivity index (χ3v) is 3.97. The van der Waals surface area contributed by atoms with E-state index in [0.717, 1.165) is 24.1 Å². The summed E-state index contributed by atoms with van der Waals surface area (Å²) in [5.41, 5.74) is 2.42. The van der Waals surface area contributed by atoms with E-state index in [1.165, 1.54) is 0 Å². The Balaban J connectivity index is 1.85. The summed E-state index contributed by atoms with van der Waals surface area (Å²) in [4.78, 5) is 24.2. The zero-order chi connectivity index (χ0) is 15.7. The number of carbonyl (C=O) groups is 2. The summed E-state index contributed by atoms with van der Waals surface area (Å²) >= 11 is 0. The van der Waals surface area contributed by atoms with Crippen molar-refractivity contribution in [3.8, 4) is 0 Å². The van der Waals surface area contributed by atoms with Crippen LogP contribution in [-0.2, 0) is 6.42 Å². The van der Waals surface area contributed by atoms with Crippen molar-refractivity contribution in [1.29, 1.82) is 0 Å². The lowest BCUT2D eigenvalue weighted by Crippen LogP contribution is -2.13. The third-order valence-electron chi connectivity index (χ3n) is 3.97. The summed E-state index contributed by atoms with van der Waals surface area (Å²) < 4.78 is 5.58. The van der Waals surface area contributed by atoms with Gasteiger partial charge in [-0.3, -0.25) is 9.59 Å². The monoisotopic (exact) mass is 297 g/mol. The van der Waals surface area contributed by atoms with Crippen molar-refractivity contribution in [3.63, 3.8) is 0 Å². The first-order valence-electron chi connectivity index (χ1n) is 7.62. The maximum atomic E-state index is 12.4. The minimum atomic E-state index is -0.310. The molecule has 0 aliphatic heterocycles. The number of rotatable bonds is 3. The van der Waals surface area contributed by atoms with E-state index in [1.807, 2.05) is 24.3 Å². The molecule has 0 fully saturated rings. The van der Waals surface area contributed by atoms with Gasteiger partial charge in [0.2, 0.25) is 0 Å². The van der Waals surface area contributed by atoms with Gasteiger partial charge < -0.3 is 9.73 Å². The molecule has 1 aromatic heterocycles. The second-order valence-electron chi connectivity index (χ2n) is 5.92. The molecular formula is C18H19NO3. The highest BCUT2D eigenvalue weighted by Crippen LogP contribution is 2.27. The summed E-state index contributed by atoms with van der Waals surface area (Å²) in [5, 5.41) is 2.89. The van der Waals surface area contributed by atoms with Crippen LogP contribution in [0, 0.1) is 0 Å². The predicted octanol–water partition coefficient (Wildman–Crippen LogP) is 4.17. The largest absolute Gasteiger partial charge is 0.455 e. The second-order valence-corrected chi connectivity index (χ2v) is 5.92. The molecule has 0 unspecified atom stereocenters. The number of hydrogen-bond donors (Lipinski definition) is 1. The van der Waals surface area contributed by atoms with Crippen molar-refractivity contribution in [1.82, 2.24) is 0 Å². The topological polar surface area (TPSA) is 59.3 Å². The number of para-hydroxylation sites is 1. The molecule has 1 N–H and O–H groups in total. The third kappa shape index (κ3) is 2.69. The van der Waals surface area contributed by atoms with E-state index in [0.29, 0.717) is 23.7 Å². The number of nitrogens with one attached hydrogen (secondary N) is 1. The van der Waals surface area contributed by atoms with Crippen LogP contribution in [0.4, 0.5) is 5.69 Å². The fraction of sp³-hybridized carbons (Fsp3) is 0.333. The van der Waals surface area contributed by atoms with Crippen LogP contribution in [0.5, 0.6) is 0 Å². The number of furan rings is 1. The molecule has 3 rings (SSSR count). The molecule has 0 saturated carbocycles. The zero-order valence-corrected chi connectivity index (χ0v) is 12.8. The zero-order valence-electron chi connectivity index (χ0n) is 12.8. The average Bonchev–Trinajstić information content (AvgIpc) is 2.93. The molecule has 1 aliphatic carbocycles. The van der Waals surface area contributed by atoms with Crippen LogP contribution in [0.1, 0.15) is 64.8 Å². The first kappa shape index (κ1) is 14.6. The number of aryl methyl sites for hydroxylation is 1. The van der Waals surface area contributed by atoms with Gasteiger partial charge in [-0.15, -0.1) is 0 Å². The van der Waals surface area contributed by atoms with Crippen molar-refractivity contribution in [2.24, 2.45) is 0 Å². The molecule has 4 nitrogen and oxygen atoms in total. The summed E-state index contributed by atoms with van der Waals surface area (Å²) in [6.07, 6.45) is 2.04. The predicted molar refractivity (Wildman–Crippen MR) is 84.5 cm³/mol. The molecule has 114 valence electrons. The Morgan fingerprint density at radius 2 is 2.00 bits per heavy atom. The normalized spacial score (nSPS) is 14.0. The molecule has 0 bridgehead atoms. The van der Waals surface area contributed by atoms with Crippen molar-refractivity contribution < 1.29 is 14.0 Å². The smallest absolute Gasteiger partial charge is 0.291 e. The van der Waals surface area contributed by atoms with Crippen LogP contribution in [0.2, 0.25) is 0 Å². The number of Topliss-reactive ketones (excluding diaryl/α,β-unsaturated/α-hetero) is 1. The Morgan fingerprint density at radius 1 is 1.23 bits per heavy atom. The number of ketones is 1. The molecule has 0 atom stereocenters. The maximum Gasteiger partial charge on any atom is 0.291 e. The Kier molecular flexibility index (Phi) is 3.84. The van der Waals surface area contributed by atoms with E-state index in [9.17, 15) is 9.59 Å². The van der Waals surface area contributed by atoms with Crippen molar-refractivity contribution in [2.45, 2.75) is 39.0 Å². The maximum absolute atomic E-state index is 12.4. The van der Waals surface area contributed by atoms with Crippen LogP contribution < -0.4 is 5.32 Å². The lowest BCUT2D eigenvalue weighted by molar-refractivity contribution is 0.0963. The van der Waals surface area contributed by atoms with Gasteiger partial charge in [0, 0.05) is 24.6 Å². The molecule has 4 heteroatoms. The van der Waals surface area contributed by atoms with Crippen molar-refractivity contribution in [3.05, 3.63) is 53.0 Å². The van der Waals surface area contributed by atoms with Gasteiger partial charge in [0.05, 0.1) is 5.56 Å². The van der Waals surface area contributed by atoms with Gasteiger partial charge >= 0.3 is 0 Å². The summed E-state index contributed by atoms with van der Waals surface area (Å²) in [6.45, 7) is 4.16. The molecule has 22 heavy (non-hydrogen) atoms. The summed E-state index contributed by atoms with van der Waals surface area (Å²) in [6, 6.07) is 9.29. The summed E-state index contributed by atoms with van der Waals surface area (Å²) in [5.74, 6) is 0.905. The fourth-order valence-corrected chi connectivity index (χ4v) is 2.80. The average molecular weight is 297 g/mol. The second kappa shape index (κ2) is 5.79. The molecule has 1 amide bonds. The Bertz CT molecular complexity index is 728. The molecule has 2 aromatic rings. The molecular weight excluding hydrogens is 278 g/mol. The SMILES string of the molecule is CC(C)c1ccccc1NC(=O)c1cc2c(o1)CCCC2=O.